The van der Waals surface area contributed by atoms with E-state index in [9.17, 15) is 0 Å². The van der Waals surface area contributed by atoms with Crippen LogP contribution in [0.3, 0.4) is 0 Å². The summed E-state index contributed by atoms with van der Waals surface area (Å²) in [5, 5.41) is 7.63. The summed E-state index contributed by atoms with van der Waals surface area (Å²) in [5.74, 6) is 1.55. The first-order chi connectivity index (χ1) is 6.87. The Morgan fingerprint density at radius 2 is 2.07 bits per heavy atom. The molecule has 0 aliphatic heterocycles. The van der Waals surface area contributed by atoms with Crippen molar-refractivity contribution in [2.45, 2.75) is 51.2 Å². The summed E-state index contributed by atoms with van der Waals surface area (Å²) in [5.41, 5.74) is -0.0466. The molecule has 0 aromatic carbocycles. The molecule has 0 radical (unpaired) electrons. The van der Waals surface area contributed by atoms with Gasteiger partial charge in [0, 0.05) is 5.54 Å². The van der Waals surface area contributed by atoms with Gasteiger partial charge in [-0.05, 0) is 26.0 Å². The van der Waals surface area contributed by atoms with Gasteiger partial charge in [-0.2, -0.15) is 16.7 Å². The van der Waals surface area contributed by atoms with Gasteiger partial charge >= 0.3 is 6.01 Å². The lowest BCUT2D eigenvalue weighted by Crippen LogP contribution is -2.26. The number of rotatable bonds is 4. The molecule has 15 heavy (non-hydrogen) atoms. The van der Waals surface area contributed by atoms with Gasteiger partial charge in [-0.25, -0.2) is 0 Å². The molecule has 1 aromatic heterocycles. The Morgan fingerprint density at radius 3 is 2.60 bits per heavy atom. The Hall–Kier alpha value is -0.710. The van der Waals surface area contributed by atoms with Crippen molar-refractivity contribution >= 4 is 17.8 Å². The first-order valence-corrected chi connectivity index (χ1v) is 6.14. The number of nitrogens with one attached hydrogen (secondary N) is 1. The minimum absolute atomic E-state index is 0.0466. The van der Waals surface area contributed by atoms with E-state index in [4.69, 9.17) is 4.52 Å². The molecule has 0 unspecified atom stereocenters. The predicted molar refractivity (Wildman–Crippen MR) is 64.1 cm³/mol. The van der Waals surface area contributed by atoms with Gasteiger partial charge in [-0.1, -0.05) is 19.0 Å². The molecule has 5 heteroatoms. The van der Waals surface area contributed by atoms with E-state index >= 15 is 0 Å². The fraction of sp³-hybridized carbons (Fsp3) is 0.800. The Labute approximate surface area is 95.2 Å². The van der Waals surface area contributed by atoms with Gasteiger partial charge in [0.1, 0.15) is 0 Å². The Bertz CT molecular complexity index is 304. The van der Waals surface area contributed by atoms with Crippen LogP contribution in [-0.2, 0) is 5.75 Å². The lowest BCUT2D eigenvalue weighted by atomic mass is 10.1. The van der Waals surface area contributed by atoms with E-state index in [2.05, 4.69) is 50.1 Å². The molecule has 86 valence electrons. The summed E-state index contributed by atoms with van der Waals surface area (Å²) in [6.07, 6.45) is 0. The molecule has 1 heterocycles. The zero-order chi connectivity index (χ0) is 11.5. The minimum atomic E-state index is -0.0466. The SMILES string of the molecule is CC(C)SCc1noc(NC(C)(C)C)n1. The summed E-state index contributed by atoms with van der Waals surface area (Å²) >= 11 is 1.80. The van der Waals surface area contributed by atoms with Gasteiger partial charge in [0.05, 0.1) is 5.75 Å². The largest absolute Gasteiger partial charge is 0.333 e. The Morgan fingerprint density at radius 1 is 1.40 bits per heavy atom. The molecule has 1 aromatic rings. The fourth-order valence-corrected chi connectivity index (χ4v) is 1.53. The van der Waals surface area contributed by atoms with Crippen LogP contribution >= 0.6 is 11.8 Å². The maximum atomic E-state index is 5.09. The third-order valence-corrected chi connectivity index (χ3v) is 2.59. The number of hydrogen-bond donors (Lipinski definition) is 1. The zero-order valence-corrected chi connectivity index (χ0v) is 10.8. The normalized spacial score (nSPS) is 12.1. The highest BCUT2D eigenvalue weighted by atomic mass is 32.2. The molecule has 0 fully saturated rings. The molecule has 0 aliphatic rings. The van der Waals surface area contributed by atoms with Crippen LogP contribution in [0.2, 0.25) is 0 Å². The van der Waals surface area contributed by atoms with Gasteiger partial charge in [-0.15, -0.1) is 0 Å². The molecule has 0 aliphatic carbocycles. The number of thioether (sulfide) groups is 1. The van der Waals surface area contributed by atoms with Crippen molar-refractivity contribution in [3.8, 4) is 0 Å². The van der Waals surface area contributed by atoms with Crippen LogP contribution in [-0.4, -0.2) is 20.9 Å². The molecule has 1 rings (SSSR count). The molecule has 0 bridgehead atoms. The van der Waals surface area contributed by atoms with Crippen molar-refractivity contribution < 1.29 is 4.52 Å². The standard InChI is InChI=1S/C10H19N3OS/c1-7(2)15-6-8-11-9(14-13-8)12-10(3,4)5/h7H,6H2,1-5H3,(H,11,12,13). The van der Waals surface area contributed by atoms with Crippen molar-refractivity contribution in [3.63, 3.8) is 0 Å². The second-order valence-electron chi connectivity index (χ2n) is 4.75. The second-order valence-corrected chi connectivity index (χ2v) is 6.32. The fourth-order valence-electron chi connectivity index (χ4n) is 0.925. The number of hydrogen-bond acceptors (Lipinski definition) is 5. The minimum Gasteiger partial charge on any atom is -0.333 e. The van der Waals surface area contributed by atoms with Crippen LogP contribution in [0.5, 0.6) is 0 Å². The highest BCUT2D eigenvalue weighted by molar-refractivity contribution is 7.99. The summed E-state index contributed by atoms with van der Waals surface area (Å²) in [7, 11) is 0. The summed E-state index contributed by atoms with van der Waals surface area (Å²) in [6.45, 7) is 10.5. The second kappa shape index (κ2) is 4.88. The molecular weight excluding hydrogens is 210 g/mol. The summed E-state index contributed by atoms with van der Waals surface area (Å²) in [6, 6.07) is 0.502. The highest BCUT2D eigenvalue weighted by Crippen LogP contribution is 2.17. The quantitative estimate of drug-likeness (QED) is 0.860. The number of nitrogens with zero attached hydrogens (tertiary/aromatic N) is 2. The van der Waals surface area contributed by atoms with Crippen LogP contribution in [0.15, 0.2) is 4.52 Å². The van der Waals surface area contributed by atoms with Gasteiger partial charge in [0.2, 0.25) is 0 Å². The van der Waals surface area contributed by atoms with E-state index in [0.29, 0.717) is 11.3 Å². The smallest absolute Gasteiger partial charge is 0.321 e. The van der Waals surface area contributed by atoms with E-state index in [1.807, 2.05) is 0 Å². The van der Waals surface area contributed by atoms with Crippen molar-refractivity contribution in [1.29, 1.82) is 0 Å². The molecule has 0 spiro atoms. The van der Waals surface area contributed by atoms with Crippen LogP contribution in [0.1, 0.15) is 40.4 Å². The maximum Gasteiger partial charge on any atom is 0.321 e. The first kappa shape index (κ1) is 12.4. The molecule has 1 N–H and O–H groups in total. The van der Waals surface area contributed by atoms with E-state index in [1.165, 1.54) is 0 Å². The van der Waals surface area contributed by atoms with E-state index in [-0.39, 0.29) is 5.54 Å². The number of aromatic nitrogens is 2. The topological polar surface area (TPSA) is 51.0 Å². The van der Waals surface area contributed by atoms with Crippen LogP contribution in [0.25, 0.3) is 0 Å². The lowest BCUT2D eigenvalue weighted by Gasteiger charge is -2.17. The zero-order valence-electron chi connectivity index (χ0n) is 10.00. The van der Waals surface area contributed by atoms with Crippen LogP contribution in [0, 0.1) is 0 Å². The van der Waals surface area contributed by atoms with Crippen molar-refractivity contribution in [3.05, 3.63) is 5.82 Å². The maximum absolute atomic E-state index is 5.09. The molecule has 0 atom stereocenters. The molecule has 4 nitrogen and oxygen atoms in total. The molecule has 0 saturated heterocycles. The number of anilines is 1. The van der Waals surface area contributed by atoms with Gasteiger partial charge in [0.25, 0.3) is 0 Å². The summed E-state index contributed by atoms with van der Waals surface area (Å²) < 4.78 is 5.09. The third-order valence-electron chi connectivity index (χ3n) is 1.50. The average Bonchev–Trinajstić information content (AvgIpc) is 2.45. The van der Waals surface area contributed by atoms with E-state index in [1.54, 1.807) is 11.8 Å². The molecule has 0 saturated carbocycles. The third kappa shape index (κ3) is 5.06. The Kier molecular flexibility index (Phi) is 4.02. The van der Waals surface area contributed by atoms with Gasteiger partial charge in [0.15, 0.2) is 5.82 Å². The van der Waals surface area contributed by atoms with Crippen molar-refractivity contribution in [2.24, 2.45) is 0 Å². The molecular formula is C10H19N3OS. The average molecular weight is 229 g/mol. The predicted octanol–water partition coefficient (Wildman–Crippen LogP) is 2.92. The highest BCUT2D eigenvalue weighted by Gasteiger charge is 2.14. The van der Waals surface area contributed by atoms with E-state index in [0.717, 1.165) is 11.6 Å². The molecule has 0 amide bonds. The van der Waals surface area contributed by atoms with Crippen molar-refractivity contribution in [2.75, 3.05) is 5.32 Å². The van der Waals surface area contributed by atoms with E-state index < -0.39 is 0 Å². The monoisotopic (exact) mass is 229 g/mol. The lowest BCUT2D eigenvalue weighted by molar-refractivity contribution is 0.414. The van der Waals surface area contributed by atoms with Crippen LogP contribution in [0.4, 0.5) is 6.01 Å². The van der Waals surface area contributed by atoms with Crippen molar-refractivity contribution in [1.82, 2.24) is 10.1 Å². The van der Waals surface area contributed by atoms with Gasteiger partial charge < -0.3 is 9.84 Å². The van der Waals surface area contributed by atoms with Gasteiger partial charge in [-0.3, -0.25) is 0 Å². The van der Waals surface area contributed by atoms with Crippen LogP contribution < -0.4 is 5.32 Å². The first-order valence-electron chi connectivity index (χ1n) is 5.09. The summed E-state index contributed by atoms with van der Waals surface area (Å²) in [4.78, 5) is 4.26. The Balaban J connectivity index is 2.49.